The predicted octanol–water partition coefficient (Wildman–Crippen LogP) is 4.21. The maximum Gasteiger partial charge on any atom is 0.0431 e. The first-order valence-corrected chi connectivity index (χ1v) is 6.47. The molecule has 0 atom stereocenters. The molecule has 0 saturated heterocycles. The van der Waals surface area contributed by atoms with Crippen molar-refractivity contribution in [2.75, 3.05) is 6.61 Å². The highest BCUT2D eigenvalue weighted by Gasteiger charge is 1.91. The van der Waals surface area contributed by atoms with Gasteiger partial charge in [-0.15, -0.1) is 0 Å². The molecule has 0 unspecified atom stereocenters. The number of unbranched alkanes of at least 4 members (excludes halogenated alkanes) is 1. The van der Waals surface area contributed by atoms with E-state index in [2.05, 4.69) is 46.6 Å². The highest BCUT2D eigenvalue weighted by Crippen LogP contribution is 2.11. The molecule has 0 spiro atoms. The summed E-state index contributed by atoms with van der Waals surface area (Å²) in [5, 5.41) is 8.63. The van der Waals surface area contributed by atoms with Gasteiger partial charge in [0, 0.05) is 6.61 Å². The van der Waals surface area contributed by atoms with E-state index in [0.29, 0.717) is 6.61 Å². The Bertz CT molecular complexity index is 194. The van der Waals surface area contributed by atoms with Crippen LogP contribution in [0.4, 0.5) is 0 Å². The van der Waals surface area contributed by atoms with Crippen LogP contribution in [0.1, 0.15) is 46.0 Å². The largest absolute Gasteiger partial charge is 0.396 e. The van der Waals surface area contributed by atoms with E-state index in [1.165, 1.54) is 17.6 Å². The molecule has 0 aliphatic rings. The number of aliphatic hydroxyl groups excluding tert-OH is 1. The molecule has 1 nitrogen and oxygen atoms in total. The summed E-state index contributed by atoms with van der Waals surface area (Å²) in [7, 11) is 0. The molecule has 1 N–H and O–H groups in total. The Hall–Kier alpha value is 0.170. The number of hydrogen-bond donors (Lipinski definition) is 1. The van der Waals surface area contributed by atoms with Gasteiger partial charge in [0.1, 0.15) is 0 Å². The molecule has 0 amide bonds. The van der Waals surface area contributed by atoms with E-state index in [4.69, 9.17) is 5.11 Å². The average molecular weight is 308 g/mol. The fraction of sp³-hybridized carbons (Fsp3) is 0.667. The summed E-state index contributed by atoms with van der Waals surface area (Å²) in [6.45, 7) is 4.67. The normalized spacial score (nSPS) is 13.4. The third-order valence-corrected chi connectivity index (χ3v) is 3.26. The molecular formula is C12H21IO. The van der Waals surface area contributed by atoms with Gasteiger partial charge in [0.2, 0.25) is 0 Å². The summed E-state index contributed by atoms with van der Waals surface area (Å²) in [6.07, 6.45) is 7.81. The molecule has 14 heavy (non-hydrogen) atoms. The van der Waals surface area contributed by atoms with Gasteiger partial charge in [-0.3, -0.25) is 0 Å². The van der Waals surface area contributed by atoms with E-state index < -0.39 is 0 Å². The maximum atomic E-state index is 8.63. The van der Waals surface area contributed by atoms with Crippen molar-refractivity contribution >= 4 is 22.6 Å². The van der Waals surface area contributed by atoms with Gasteiger partial charge in [-0.05, 0) is 50.0 Å². The van der Waals surface area contributed by atoms with Crippen LogP contribution in [-0.4, -0.2) is 11.7 Å². The number of halogens is 1. The lowest BCUT2D eigenvalue weighted by Crippen LogP contribution is -1.84. The summed E-state index contributed by atoms with van der Waals surface area (Å²) in [6, 6.07) is 0. The Kier molecular flexibility index (Phi) is 9.83. The second kappa shape index (κ2) is 9.71. The number of hydrogen-bond acceptors (Lipinski definition) is 1. The van der Waals surface area contributed by atoms with Crippen LogP contribution in [-0.2, 0) is 0 Å². The highest BCUT2D eigenvalue weighted by molar-refractivity contribution is 14.1. The van der Waals surface area contributed by atoms with E-state index in [1.54, 1.807) is 0 Å². The van der Waals surface area contributed by atoms with Crippen LogP contribution in [0.25, 0.3) is 0 Å². The van der Waals surface area contributed by atoms with Crippen LogP contribution in [0, 0.1) is 0 Å². The van der Waals surface area contributed by atoms with Crippen molar-refractivity contribution in [3.8, 4) is 0 Å². The van der Waals surface area contributed by atoms with Gasteiger partial charge in [0.05, 0.1) is 0 Å². The molecule has 0 rings (SSSR count). The van der Waals surface area contributed by atoms with Crippen molar-refractivity contribution in [1.29, 1.82) is 0 Å². The lowest BCUT2D eigenvalue weighted by Gasteiger charge is -2.00. The van der Waals surface area contributed by atoms with Crippen molar-refractivity contribution in [3.05, 3.63) is 21.3 Å². The molecule has 0 aliphatic carbocycles. The molecule has 0 aliphatic heterocycles. The first-order valence-electron chi connectivity index (χ1n) is 5.23. The minimum Gasteiger partial charge on any atom is -0.396 e. The highest BCUT2D eigenvalue weighted by atomic mass is 127. The molecule has 0 aromatic rings. The number of allylic oxidation sites excluding steroid dienone is 3. The zero-order chi connectivity index (χ0) is 10.8. The minimum absolute atomic E-state index is 0.323. The Morgan fingerprint density at radius 2 is 1.86 bits per heavy atom. The van der Waals surface area contributed by atoms with Gasteiger partial charge in [-0.25, -0.2) is 0 Å². The SMILES string of the molecule is C/C(=C\I)CC/C=C(\C)CCCCO. The molecule has 0 heterocycles. The van der Waals surface area contributed by atoms with Gasteiger partial charge < -0.3 is 5.11 Å². The van der Waals surface area contributed by atoms with Crippen molar-refractivity contribution in [2.24, 2.45) is 0 Å². The molecule has 82 valence electrons. The zero-order valence-corrected chi connectivity index (χ0v) is 11.4. The lowest BCUT2D eigenvalue weighted by molar-refractivity contribution is 0.284. The van der Waals surface area contributed by atoms with Crippen LogP contribution in [0.5, 0.6) is 0 Å². The quantitative estimate of drug-likeness (QED) is 0.424. The van der Waals surface area contributed by atoms with Crippen molar-refractivity contribution in [2.45, 2.75) is 46.0 Å². The Morgan fingerprint density at radius 1 is 1.14 bits per heavy atom. The number of rotatable bonds is 7. The molecule has 0 aromatic carbocycles. The van der Waals surface area contributed by atoms with E-state index in [9.17, 15) is 0 Å². The van der Waals surface area contributed by atoms with Crippen LogP contribution >= 0.6 is 22.6 Å². The summed E-state index contributed by atoms with van der Waals surface area (Å²) >= 11 is 2.29. The van der Waals surface area contributed by atoms with E-state index in [0.717, 1.165) is 25.7 Å². The average Bonchev–Trinajstić information content (AvgIpc) is 2.18. The van der Waals surface area contributed by atoms with Crippen LogP contribution < -0.4 is 0 Å². The van der Waals surface area contributed by atoms with E-state index in [1.807, 2.05) is 0 Å². The lowest BCUT2D eigenvalue weighted by atomic mass is 10.1. The van der Waals surface area contributed by atoms with Gasteiger partial charge in [0.15, 0.2) is 0 Å². The molecule has 0 radical (unpaired) electrons. The monoisotopic (exact) mass is 308 g/mol. The van der Waals surface area contributed by atoms with Gasteiger partial charge in [-0.1, -0.05) is 39.8 Å². The smallest absolute Gasteiger partial charge is 0.0431 e. The van der Waals surface area contributed by atoms with Crippen molar-refractivity contribution in [3.63, 3.8) is 0 Å². The van der Waals surface area contributed by atoms with Gasteiger partial charge in [0.25, 0.3) is 0 Å². The second-order valence-corrected chi connectivity index (χ2v) is 4.35. The van der Waals surface area contributed by atoms with Crippen molar-refractivity contribution < 1.29 is 5.11 Å². The van der Waals surface area contributed by atoms with Crippen LogP contribution in [0.15, 0.2) is 21.3 Å². The molecule has 0 bridgehead atoms. The Balaban J connectivity index is 3.56. The summed E-state index contributed by atoms with van der Waals surface area (Å²) in [5.74, 6) is 0. The zero-order valence-electron chi connectivity index (χ0n) is 9.22. The topological polar surface area (TPSA) is 20.2 Å². The third kappa shape index (κ3) is 8.75. The molecule has 2 heteroatoms. The standard InChI is InChI=1S/C12H21IO/c1-11(6-3-4-9-14)7-5-8-12(2)10-13/h7,10,14H,3-6,8-9H2,1-2H3/b11-7+,12-10+. The van der Waals surface area contributed by atoms with Gasteiger partial charge >= 0.3 is 0 Å². The van der Waals surface area contributed by atoms with Crippen LogP contribution in [0.3, 0.4) is 0 Å². The molecule has 0 fully saturated rings. The summed E-state index contributed by atoms with van der Waals surface area (Å²) in [5.41, 5.74) is 2.91. The second-order valence-electron chi connectivity index (χ2n) is 3.73. The van der Waals surface area contributed by atoms with Crippen LogP contribution in [0.2, 0.25) is 0 Å². The third-order valence-electron chi connectivity index (χ3n) is 2.20. The fourth-order valence-corrected chi connectivity index (χ4v) is 1.53. The minimum atomic E-state index is 0.323. The van der Waals surface area contributed by atoms with E-state index >= 15 is 0 Å². The molecule has 0 aromatic heterocycles. The van der Waals surface area contributed by atoms with Gasteiger partial charge in [-0.2, -0.15) is 0 Å². The first-order chi connectivity index (χ1) is 6.70. The summed E-state index contributed by atoms with van der Waals surface area (Å²) in [4.78, 5) is 0. The predicted molar refractivity (Wildman–Crippen MR) is 71.7 cm³/mol. The Labute approximate surface area is 101 Å². The fourth-order valence-electron chi connectivity index (χ4n) is 1.22. The maximum absolute atomic E-state index is 8.63. The van der Waals surface area contributed by atoms with E-state index in [-0.39, 0.29) is 0 Å². The molecule has 0 saturated carbocycles. The first kappa shape index (κ1) is 14.2. The van der Waals surface area contributed by atoms with Crippen molar-refractivity contribution in [1.82, 2.24) is 0 Å². The summed E-state index contributed by atoms with van der Waals surface area (Å²) < 4.78 is 2.15. The molecular weight excluding hydrogens is 287 g/mol. The Morgan fingerprint density at radius 3 is 2.43 bits per heavy atom. The number of aliphatic hydroxyl groups is 1.